The number of amides is 1. The molecule has 1 aromatic carbocycles. The van der Waals surface area contributed by atoms with Gasteiger partial charge in [0.1, 0.15) is 10.8 Å². The van der Waals surface area contributed by atoms with E-state index in [0.717, 1.165) is 10.6 Å². The number of carbonyl (C=O) groups excluding carboxylic acids is 1. The fourth-order valence-electron chi connectivity index (χ4n) is 3.07. The van der Waals surface area contributed by atoms with Gasteiger partial charge in [-0.25, -0.2) is 14.4 Å². The van der Waals surface area contributed by atoms with Crippen molar-refractivity contribution in [1.82, 2.24) is 9.97 Å². The molecule has 1 amide bonds. The topological polar surface area (TPSA) is 54.9 Å². The lowest BCUT2D eigenvalue weighted by atomic mass is 10.2. The first-order chi connectivity index (χ1) is 13.2. The molecule has 2 heterocycles. The lowest BCUT2D eigenvalue weighted by Gasteiger charge is -2.11. The second-order valence-corrected chi connectivity index (χ2v) is 8.53. The van der Waals surface area contributed by atoms with Gasteiger partial charge in [-0.2, -0.15) is 0 Å². The van der Waals surface area contributed by atoms with Gasteiger partial charge in [0.05, 0.1) is 11.3 Å². The lowest BCUT2D eigenvalue weighted by Crippen LogP contribution is -2.14. The van der Waals surface area contributed by atoms with Crippen LogP contribution in [0, 0.1) is 5.82 Å². The number of thioether (sulfide) groups is 1. The van der Waals surface area contributed by atoms with Crippen LogP contribution in [-0.2, 0) is 0 Å². The average molecular weight is 400 g/mol. The third-order valence-electron chi connectivity index (χ3n) is 4.46. The molecule has 0 atom stereocenters. The van der Waals surface area contributed by atoms with Gasteiger partial charge >= 0.3 is 0 Å². The number of pyridine rings is 1. The summed E-state index contributed by atoms with van der Waals surface area (Å²) in [5, 5.41) is 6.54. The Hall–Kier alpha value is -2.25. The zero-order chi connectivity index (χ0) is 18.6. The van der Waals surface area contributed by atoms with Crippen molar-refractivity contribution >= 4 is 34.1 Å². The quantitative estimate of drug-likeness (QED) is 0.604. The Balaban J connectivity index is 1.49. The predicted octanol–water partition coefficient (Wildman–Crippen LogP) is 5.63. The standard InChI is InChI=1S/C20H18FN3OS2/c21-14-9-7-13(8-10-14)17-12-26-20(23-17)24-18(25)16-6-3-11-22-19(16)27-15-4-1-2-5-15/h3,6-12,15H,1-2,4-5H2,(H,23,24,25). The molecule has 7 heteroatoms. The fourth-order valence-corrected chi connectivity index (χ4v) is 5.08. The average Bonchev–Trinajstić information content (AvgIpc) is 3.35. The molecule has 3 aromatic rings. The highest BCUT2D eigenvalue weighted by atomic mass is 32.2. The Morgan fingerprint density at radius 2 is 1.96 bits per heavy atom. The van der Waals surface area contributed by atoms with Crippen molar-refractivity contribution in [3.8, 4) is 11.3 Å². The van der Waals surface area contributed by atoms with Gasteiger partial charge in [0.2, 0.25) is 0 Å². The van der Waals surface area contributed by atoms with E-state index in [2.05, 4.69) is 15.3 Å². The van der Waals surface area contributed by atoms with Gasteiger partial charge in [0.25, 0.3) is 5.91 Å². The van der Waals surface area contributed by atoms with Gasteiger partial charge < -0.3 is 0 Å². The smallest absolute Gasteiger partial charge is 0.260 e. The van der Waals surface area contributed by atoms with E-state index in [1.807, 2.05) is 5.38 Å². The zero-order valence-corrected chi connectivity index (χ0v) is 16.2. The van der Waals surface area contributed by atoms with Crippen LogP contribution in [0.15, 0.2) is 53.0 Å². The summed E-state index contributed by atoms with van der Waals surface area (Å²) >= 11 is 3.04. The highest BCUT2D eigenvalue weighted by molar-refractivity contribution is 7.99. The molecule has 4 rings (SSSR count). The van der Waals surface area contributed by atoms with Crippen molar-refractivity contribution < 1.29 is 9.18 Å². The molecule has 1 aliphatic carbocycles. The van der Waals surface area contributed by atoms with Crippen LogP contribution < -0.4 is 5.32 Å². The number of thiazole rings is 1. The molecule has 138 valence electrons. The Morgan fingerprint density at radius 3 is 2.74 bits per heavy atom. The van der Waals surface area contributed by atoms with Crippen LogP contribution in [0.1, 0.15) is 36.0 Å². The van der Waals surface area contributed by atoms with Gasteiger partial charge in [-0.1, -0.05) is 12.8 Å². The van der Waals surface area contributed by atoms with Crippen molar-refractivity contribution in [2.24, 2.45) is 0 Å². The van der Waals surface area contributed by atoms with Crippen LogP contribution in [0.25, 0.3) is 11.3 Å². The minimum atomic E-state index is -0.286. The largest absolute Gasteiger partial charge is 0.298 e. The molecule has 0 spiro atoms. The second kappa shape index (κ2) is 8.19. The number of aromatic nitrogens is 2. The first-order valence-electron chi connectivity index (χ1n) is 8.83. The monoisotopic (exact) mass is 399 g/mol. The normalized spacial score (nSPS) is 14.4. The minimum absolute atomic E-state index is 0.205. The Morgan fingerprint density at radius 1 is 1.19 bits per heavy atom. The highest BCUT2D eigenvalue weighted by Crippen LogP contribution is 2.35. The number of hydrogen-bond acceptors (Lipinski definition) is 5. The third-order valence-corrected chi connectivity index (χ3v) is 6.57. The van der Waals surface area contributed by atoms with E-state index < -0.39 is 0 Å². The number of halogens is 1. The molecular weight excluding hydrogens is 381 g/mol. The van der Waals surface area contributed by atoms with Crippen LogP contribution in [0.4, 0.5) is 9.52 Å². The van der Waals surface area contributed by atoms with Crippen molar-refractivity contribution in [2.75, 3.05) is 5.32 Å². The molecule has 2 aromatic heterocycles. The van der Waals surface area contributed by atoms with Crippen LogP contribution in [0.3, 0.4) is 0 Å². The molecular formula is C20H18FN3OS2. The summed E-state index contributed by atoms with van der Waals surface area (Å²) in [6.45, 7) is 0. The number of nitrogens with one attached hydrogen (secondary N) is 1. The minimum Gasteiger partial charge on any atom is -0.298 e. The number of rotatable bonds is 5. The number of carbonyl (C=O) groups is 1. The summed E-state index contributed by atoms with van der Waals surface area (Å²) < 4.78 is 13.1. The maximum absolute atomic E-state index is 13.1. The first-order valence-corrected chi connectivity index (χ1v) is 10.6. The third kappa shape index (κ3) is 4.36. The summed E-state index contributed by atoms with van der Waals surface area (Å²) in [5.74, 6) is -0.491. The van der Waals surface area contributed by atoms with E-state index in [9.17, 15) is 9.18 Å². The van der Waals surface area contributed by atoms with E-state index >= 15 is 0 Å². The van der Waals surface area contributed by atoms with Gasteiger partial charge in [-0.3, -0.25) is 10.1 Å². The van der Waals surface area contributed by atoms with Gasteiger partial charge in [0.15, 0.2) is 5.13 Å². The molecule has 0 unspecified atom stereocenters. The molecule has 0 bridgehead atoms. The van der Waals surface area contributed by atoms with Gasteiger partial charge in [-0.05, 0) is 49.2 Å². The molecule has 27 heavy (non-hydrogen) atoms. The molecule has 1 fully saturated rings. The fraction of sp³-hybridized carbons (Fsp3) is 0.250. The number of anilines is 1. The Kier molecular flexibility index (Phi) is 5.50. The summed E-state index contributed by atoms with van der Waals surface area (Å²) in [5.41, 5.74) is 2.10. The van der Waals surface area contributed by atoms with Crippen molar-refractivity contribution in [3.63, 3.8) is 0 Å². The van der Waals surface area contributed by atoms with E-state index in [-0.39, 0.29) is 11.7 Å². The van der Waals surface area contributed by atoms with E-state index in [1.165, 1.54) is 49.2 Å². The molecule has 0 aliphatic heterocycles. The number of benzene rings is 1. The van der Waals surface area contributed by atoms with Gasteiger partial charge in [0, 0.05) is 22.4 Å². The molecule has 0 saturated heterocycles. The van der Waals surface area contributed by atoms with Crippen molar-refractivity contribution in [1.29, 1.82) is 0 Å². The van der Waals surface area contributed by atoms with Crippen molar-refractivity contribution in [3.05, 3.63) is 59.4 Å². The maximum atomic E-state index is 13.1. The lowest BCUT2D eigenvalue weighted by molar-refractivity contribution is 0.102. The van der Waals surface area contributed by atoms with Crippen LogP contribution in [0.5, 0.6) is 0 Å². The zero-order valence-electron chi connectivity index (χ0n) is 14.5. The SMILES string of the molecule is O=C(Nc1nc(-c2ccc(F)cc2)cs1)c1cccnc1SC1CCCC1. The molecule has 1 N–H and O–H groups in total. The number of hydrogen-bond donors (Lipinski definition) is 1. The summed E-state index contributed by atoms with van der Waals surface area (Å²) in [7, 11) is 0. The van der Waals surface area contributed by atoms with Crippen molar-refractivity contribution in [2.45, 2.75) is 36.0 Å². The summed E-state index contributed by atoms with van der Waals surface area (Å²) in [6, 6.07) is 9.72. The first kappa shape index (κ1) is 18.1. The second-order valence-electron chi connectivity index (χ2n) is 6.38. The highest BCUT2D eigenvalue weighted by Gasteiger charge is 2.21. The Labute approximate surface area is 165 Å². The maximum Gasteiger partial charge on any atom is 0.260 e. The van der Waals surface area contributed by atoms with Crippen LogP contribution in [-0.4, -0.2) is 21.1 Å². The van der Waals surface area contributed by atoms with Crippen LogP contribution in [0.2, 0.25) is 0 Å². The van der Waals surface area contributed by atoms with E-state index in [1.54, 1.807) is 42.2 Å². The van der Waals surface area contributed by atoms with E-state index in [0.29, 0.717) is 21.6 Å². The molecule has 0 radical (unpaired) electrons. The van der Waals surface area contributed by atoms with Crippen LogP contribution >= 0.6 is 23.1 Å². The molecule has 1 aliphatic rings. The summed E-state index contributed by atoms with van der Waals surface area (Å²) in [4.78, 5) is 21.6. The van der Waals surface area contributed by atoms with E-state index in [4.69, 9.17) is 0 Å². The molecule has 1 saturated carbocycles. The Bertz CT molecular complexity index is 936. The number of nitrogens with zero attached hydrogens (tertiary/aromatic N) is 2. The van der Waals surface area contributed by atoms with Gasteiger partial charge in [-0.15, -0.1) is 23.1 Å². The molecule has 4 nitrogen and oxygen atoms in total. The summed E-state index contributed by atoms with van der Waals surface area (Å²) in [6.07, 6.45) is 6.57. The predicted molar refractivity (Wildman–Crippen MR) is 108 cm³/mol.